The van der Waals surface area contributed by atoms with E-state index in [1.165, 1.54) is 89.9 Å². The van der Waals surface area contributed by atoms with Crippen LogP contribution in [0, 0.1) is 5.92 Å². The van der Waals surface area contributed by atoms with Crippen molar-refractivity contribution in [1.29, 1.82) is 0 Å². The summed E-state index contributed by atoms with van der Waals surface area (Å²) in [6, 6.07) is -1.34. The molecule has 1 atom stereocenters. The summed E-state index contributed by atoms with van der Waals surface area (Å²) < 4.78 is 0. The third-order valence-corrected chi connectivity index (χ3v) is 7.25. The zero-order chi connectivity index (χ0) is 29.0. The van der Waals surface area contributed by atoms with Gasteiger partial charge in [0.1, 0.15) is 6.04 Å². The molecule has 0 bridgehead atoms. The number of urea groups is 2. The van der Waals surface area contributed by atoms with Crippen LogP contribution in [0.4, 0.5) is 9.59 Å². The Bertz CT molecular complexity index is 601. The van der Waals surface area contributed by atoms with Gasteiger partial charge in [0.15, 0.2) is 0 Å². The van der Waals surface area contributed by atoms with Crippen LogP contribution in [0.5, 0.6) is 0 Å². The lowest BCUT2D eigenvalue weighted by Crippen LogP contribution is -2.52. The fourth-order valence-corrected chi connectivity index (χ4v) is 4.74. The molecule has 5 amide bonds. The average molecular weight is 554 g/mol. The predicted octanol–water partition coefficient (Wildman–Crippen LogP) is 6.92. The molecule has 0 fully saturated rings. The van der Waals surface area contributed by atoms with Crippen molar-refractivity contribution in [1.82, 2.24) is 21.3 Å². The fraction of sp³-hybridized carbons (Fsp3) is 0.903. The Kier molecular flexibility index (Phi) is 26.2. The summed E-state index contributed by atoms with van der Waals surface area (Å²) in [5.74, 6) is -0.0950. The molecule has 0 aliphatic rings. The van der Waals surface area contributed by atoms with E-state index in [9.17, 15) is 14.4 Å². The van der Waals surface area contributed by atoms with Gasteiger partial charge in [0.25, 0.3) is 0 Å². The molecule has 0 spiro atoms. The summed E-state index contributed by atoms with van der Waals surface area (Å²) in [6.45, 7) is 7.96. The van der Waals surface area contributed by atoms with E-state index in [0.717, 1.165) is 38.5 Å². The van der Waals surface area contributed by atoms with Crippen molar-refractivity contribution >= 4 is 18.0 Å². The number of amides is 5. The van der Waals surface area contributed by atoms with Crippen LogP contribution in [-0.2, 0) is 4.79 Å². The summed E-state index contributed by atoms with van der Waals surface area (Å²) in [7, 11) is 0. The number of primary amides is 1. The number of carbonyl (C=O) groups excluding carboxylic acids is 3. The topological polar surface area (TPSA) is 125 Å². The molecule has 0 radical (unpaired) electrons. The van der Waals surface area contributed by atoms with Gasteiger partial charge in [0.2, 0.25) is 5.91 Å². The van der Waals surface area contributed by atoms with E-state index in [4.69, 9.17) is 5.73 Å². The van der Waals surface area contributed by atoms with Gasteiger partial charge < -0.3 is 27.0 Å². The van der Waals surface area contributed by atoms with Crippen LogP contribution >= 0.6 is 0 Å². The van der Waals surface area contributed by atoms with Crippen molar-refractivity contribution in [2.45, 2.75) is 155 Å². The Balaban J connectivity index is 3.66. The molecule has 0 aromatic carbocycles. The van der Waals surface area contributed by atoms with Crippen LogP contribution in [0.15, 0.2) is 0 Å². The van der Waals surface area contributed by atoms with E-state index >= 15 is 0 Å². The van der Waals surface area contributed by atoms with E-state index in [1.54, 1.807) is 0 Å². The lowest BCUT2D eigenvalue weighted by Gasteiger charge is -2.22. The van der Waals surface area contributed by atoms with Crippen LogP contribution < -0.4 is 27.0 Å². The number of nitrogens with two attached hydrogens (primary N) is 1. The number of nitrogens with one attached hydrogen (secondary N) is 4. The normalized spacial score (nSPS) is 11.8. The smallest absolute Gasteiger partial charge is 0.315 e. The average Bonchev–Trinajstić information content (AvgIpc) is 2.90. The van der Waals surface area contributed by atoms with Gasteiger partial charge in [-0.2, -0.15) is 0 Å². The summed E-state index contributed by atoms with van der Waals surface area (Å²) in [5, 5.41) is 11.2. The lowest BCUT2D eigenvalue weighted by atomic mass is 10.0. The summed E-state index contributed by atoms with van der Waals surface area (Å²) in [4.78, 5) is 35.5. The first-order valence-corrected chi connectivity index (χ1v) is 16.2. The highest BCUT2D eigenvalue weighted by Crippen LogP contribution is 2.13. The molecule has 0 heterocycles. The van der Waals surface area contributed by atoms with Gasteiger partial charge in [-0.3, -0.25) is 4.79 Å². The number of hydrogen-bond acceptors (Lipinski definition) is 3. The summed E-state index contributed by atoms with van der Waals surface area (Å²) in [5.41, 5.74) is 5.03. The second-order valence-electron chi connectivity index (χ2n) is 11.4. The second-order valence-corrected chi connectivity index (χ2v) is 11.4. The van der Waals surface area contributed by atoms with E-state index in [2.05, 4.69) is 28.2 Å². The number of rotatable bonds is 27. The largest absolute Gasteiger partial charge is 0.354 e. The van der Waals surface area contributed by atoms with Gasteiger partial charge in [-0.05, 0) is 25.2 Å². The number of carbonyl (C=O) groups is 3. The summed E-state index contributed by atoms with van der Waals surface area (Å²) >= 11 is 0. The van der Waals surface area contributed by atoms with Gasteiger partial charge in [0, 0.05) is 19.6 Å². The van der Waals surface area contributed by atoms with Crippen LogP contribution in [0.2, 0.25) is 0 Å². The zero-order valence-electron chi connectivity index (χ0n) is 25.7. The van der Waals surface area contributed by atoms with E-state index < -0.39 is 12.1 Å². The Morgan fingerprint density at radius 2 is 0.897 bits per heavy atom. The van der Waals surface area contributed by atoms with Gasteiger partial charge in [-0.1, -0.05) is 130 Å². The van der Waals surface area contributed by atoms with Crippen LogP contribution in [0.3, 0.4) is 0 Å². The first-order chi connectivity index (χ1) is 18.9. The quantitative estimate of drug-likeness (QED) is 0.0709. The molecule has 8 nitrogen and oxygen atoms in total. The minimum Gasteiger partial charge on any atom is -0.354 e. The molecule has 0 aliphatic heterocycles. The third kappa shape index (κ3) is 26.0. The molecule has 0 saturated heterocycles. The summed E-state index contributed by atoms with van der Waals surface area (Å²) in [6.07, 6.45) is 24.9. The molecule has 0 aromatic rings. The first-order valence-electron chi connectivity index (χ1n) is 16.2. The van der Waals surface area contributed by atoms with Gasteiger partial charge in [0.05, 0.1) is 0 Å². The Hall–Kier alpha value is -1.99. The second kappa shape index (κ2) is 27.6. The monoisotopic (exact) mass is 553 g/mol. The van der Waals surface area contributed by atoms with Crippen molar-refractivity contribution in [2.75, 3.05) is 19.6 Å². The fourth-order valence-electron chi connectivity index (χ4n) is 4.74. The lowest BCUT2D eigenvalue weighted by molar-refractivity contribution is -0.123. The molecule has 0 saturated carbocycles. The maximum atomic E-state index is 12.6. The molecular weight excluding hydrogens is 490 g/mol. The van der Waals surface area contributed by atoms with Crippen molar-refractivity contribution in [3.63, 3.8) is 0 Å². The molecule has 8 heteroatoms. The molecule has 0 aliphatic carbocycles. The number of unbranched alkanes of at least 4 members (excludes halogenated alkanes) is 18. The SMILES string of the molecule is CCCCCCCCCCCCCCCCCCNC(=O)[C@@H](NC(=O)NCCCCCCNC(N)=O)C(C)C. The molecule has 39 heavy (non-hydrogen) atoms. The zero-order valence-corrected chi connectivity index (χ0v) is 25.7. The van der Waals surface area contributed by atoms with Crippen molar-refractivity contribution in [3.05, 3.63) is 0 Å². The van der Waals surface area contributed by atoms with Crippen LogP contribution in [0.25, 0.3) is 0 Å². The van der Waals surface area contributed by atoms with E-state index in [0.29, 0.717) is 19.6 Å². The van der Waals surface area contributed by atoms with E-state index in [-0.39, 0.29) is 17.9 Å². The van der Waals surface area contributed by atoms with Gasteiger partial charge >= 0.3 is 12.1 Å². The Labute approximate surface area is 240 Å². The van der Waals surface area contributed by atoms with Crippen LogP contribution in [0.1, 0.15) is 149 Å². The van der Waals surface area contributed by atoms with Crippen molar-refractivity contribution in [2.24, 2.45) is 11.7 Å². The molecule has 0 aromatic heterocycles. The van der Waals surface area contributed by atoms with Crippen molar-refractivity contribution < 1.29 is 14.4 Å². The molecule has 0 rings (SSSR count). The highest BCUT2D eigenvalue weighted by Gasteiger charge is 2.23. The third-order valence-electron chi connectivity index (χ3n) is 7.25. The molecular formula is C31H63N5O3. The number of hydrogen-bond donors (Lipinski definition) is 5. The maximum Gasteiger partial charge on any atom is 0.315 e. The van der Waals surface area contributed by atoms with Crippen molar-refractivity contribution in [3.8, 4) is 0 Å². The minimum absolute atomic E-state index is 0.0132. The first kappa shape index (κ1) is 37.0. The highest BCUT2D eigenvalue weighted by molar-refractivity contribution is 5.87. The van der Waals surface area contributed by atoms with Gasteiger partial charge in [-0.25, -0.2) is 9.59 Å². The van der Waals surface area contributed by atoms with E-state index in [1.807, 2.05) is 13.8 Å². The molecule has 6 N–H and O–H groups in total. The predicted molar refractivity (Wildman–Crippen MR) is 164 cm³/mol. The Morgan fingerprint density at radius 3 is 1.28 bits per heavy atom. The van der Waals surface area contributed by atoms with Gasteiger partial charge in [-0.15, -0.1) is 0 Å². The highest BCUT2D eigenvalue weighted by atomic mass is 16.2. The van der Waals surface area contributed by atoms with Crippen LogP contribution in [-0.4, -0.2) is 43.6 Å². The molecule has 230 valence electrons. The Morgan fingerprint density at radius 1 is 0.538 bits per heavy atom. The maximum absolute atomic E-state index is 12.6. The standard InChI is InChI=1S/C31H63N5O3/c1-4-5-6-7-8-9-10-11-12-13-14-15-16-17-18-21-24-33-29(37)28(27(2)3)36-31(39)35-26-23-20-19-22-25-34-30(32)38/h27-28H,4-26H2,1-3H3,(H,33,37)(H3,32,34,38)(H2,35,36,39)/t28-/m0/s1. The molecule has 0 unspecified atom stereocenters. The minimum atomic E-state index is -0.536.